The predicted octanol–water partition coefficient (Wildman–Crippen LogP) is 1.32. The quantitative estimate of drug-likeness (QED) is 0.597. The van der Waals surface area contributed by atoms with Gasteiger partial charge >= 0.3 is 0 Å². The minimum atomic E-state index is -0.594. The zero-order valence-corrected chi connectivity index (χ0v) is 6.02. The van der Waals surface area contributed by atoms with E-state index in [1.54, 1.807) is 6.20 Å². The number of rotatable bonds is 1. The van der Waals surface area contributed by atoms with Gasteiger partial charge in [0.15, 0.2) is 6.23 Å². The molecule has 1 heterocycles. The van der Waals surface area contributed by atoms with Crippen molar-refractivity contribution in [1.29, 1.82) is 0 Å². The molecular formula is C7H10FNO. The smallest absolute Gasteiger partial charge is 0.179 e. The highest BCUT2D eigenvalue weighted by atomic mass is 19.1. The van der Waals surface area contributed by atoms with Crippen molar-refractivity contribution in [3.63, 3.8) is 0 Å². The lowest BCUT2D eigenvalue weighted by molar-refractivity contribution is 0.0940. The molecule has 0 aromatic carbocycles. The van der Waals surface area contributed by atoms with Crippen molar-refractivity contribution in [2.24, 2.45) is 0 Å². The van der Waals surface area contributed by atoms with Crippen molar-refractivity contribution in [2.45, 2.75) is 13.2 Å². The van der Waals surface area contributed by atoms with Gasteiger partial charge in [0.2, 0.25) is 0 Å². The van der Waals surface area contributed by atoms with Crippen LogP contribution >= 0.6 is 0 Å². The third kappa shape index (κ3) is 1.36. The summed E-state index contributed by atoms with van der Waals surface area (Å²) >= 11 is 0. The van der Waals surface area contributed by atoms with Gasteiger partial charge in [0, 0.05) is 13.3 Å². The highest BCUT2D eigenvalue weighted by molar-refractivity contribution is 5.24. The van der Waals surface area contributed by atoms with Crippen LogP contribution in [0.4, 0.5) is 4.39 Å². The lowest BCUT2D eigenvalue weighted by Crippen LogP contribution is -2.29. The number of dihydropyridines is 1. The number of nitrogens with one attached hydrogen (secondary N) is 1. The first kappa shape index (κ1) is 7.28. The van der Waals surface area contributed by atoms with Gasteiger partial charge in [-0.05, 0) is 18.6 Å². The normalized spacial score (nSPS) is 24.9. The molecule has 0 aromatic rings. The average Bonchev–Trinajstić information content (AvgIpc) is 1.88. The van der Waals surface area contributed by atoms with Crippen LogP contribution in [0.2, 0.25) is 0 Å². The van der Waals surface area contributed by atoms with Crippen molar-refractivity contribution in [3.05, 3.63) is 23.7 Å². The first-order valence-electron chi connectivity index (χ1n) is 3.06. The van der Waals surface area contributed by atoms with E-state index in [0.29, 0.717) is 0 Å². The third-order valence-electron chi connectivity index (χ3n) is 1.31. The highest BCUT2D eigenvalue weighted by Crippen LogP contribution is 2.13. The first-order valence-corrected chi connectivity index (χ1v) is 3.06. The highest BCUT2D eigenvalue weighted by Gasteiger charge is 2.13. The molecular weight excluding hydrogens is 133 g/mol. The minimum absolute atomic E-state index is 0.275. The Labute approximate surface area is 59.4 Å². The van der Waals surface area contributed by atoms with Crippen LogP contribution in [0.5, 0.6) is 0 Å². The SMILES string of the molecule is COC1NC=C(C)C=C1F. The second-order valence-corrected chi connectivity index (χ2v) is 2.20. The van der Waals surface area contributed by atoms with Gasteiger partial charge in [-0.15, -0.1) is 0 Å². The summed E-state index contributed by atoms with van der Waals surface area (Å²) in [6.45, 7) is 1.82. The maximum absolute atomic E-state index is 12.7. The molecule has 0 saturated heterocycles. The van der Waals surface area contributed by atoms with Gasteiger partial charge in [0.1, 0.15) is 5.83 Å². The van der Waals surface area contributed by atoms with Crippen LogP contribution < -0.4 is 5.32 Å². The lowest BCUT2D eigenvalue weighted by atomic mass is 10.2. The summed E-state index contributed by atoms with van der Waals surface area (Å²) in [5, 5.41) is 2.74. The fourth-order valence-electron chi connectivity index (χ4n) is 0.802. The minimum Gasteiger partial charge on any atom is -0.360 e. The number of ether oxygens (including phenoxy) is 1. The summed E-state index contributed by atoms with van der Waals surface area (Å²) in [5.41, 5.74) is 0.866. The van der Waals surface area contributed by atoms with Crippen LogP contribution in [0.1, 0.15) is 6.92 Å². The van der Waals surface area contributed by atoms with E-state index in [9.17, 15) is 4.39 Å². The Hall–Kier alpha value is -0.830. The first-order chi connectivity index (χ1) is 4.74. The van der Waals surface area contributed by atoms with Crippen molar-refractivity contribution < 1.29 is 9.13 Å². The van der Waals surface area contributed by atoms with Crippen LogP contribution in [0.15, 0.2) is 23.7 Å². The van der Waals surface area contributed by atoms with E-state index in [1.165, 1.54) is 13.2 Å². The fourth-order valence-corrected chi connectivity index (χ4v) is 0.802. The second-order valence-electron chi connectivity index (χ2n) is 2.20. The third-order valence-corrected chi connectivity index (χ3v) is 1.31. The van der Waals surface area contributed by atoms with Crippen LogP contribution in [0.3, 0.4) is 0 Å². The molecule has 1 atom stereocenters. The van der Waals surface area contributed by atoms with Gasteiger partial charge in [0.25, 0.3) is 0 Å². The summed E-state index contributed by atoms with van der Waals surface area (Å²) in [6.07, 6.45) is 2.57. The van der Waals surface area contributed by atoms with Crippen LogP contribution in [0.25, 0.3) is 0 Å². The van der Waals surface area contributed by atoms with Crippen molar-refractivity contribution >= 4 is 0 Å². The Bertz CT molecular complexity index is 186. The summed E-state index contributed by atoms with van der Waals surface area (Å²) in [5.74, 6) is -0.275. The standard InChI is InChI=1S/C7H10FNO/c1-5-3-6(8)7(10-2)9-4-5/h3-4,7,9H,1-2H3. The van der Waals surface area contributed by atoms with Crippen molar-refractivity contribution in [2.75, 3.05) is 7.11 Å². The summed E-state index contributed by atoms with van der Waals surface area (Å²) < 4.78 is 17.5. The van der Waals surface area contributed by atoms with Gasteiger partial charge in [0.05, 0.1) is 0 Å². The fraction of sp³-hybridized carbons (Fsp3) is 0.429. The molecule has 1 rings (SSSR count). The van der Waals surface area contributed by atoms with E-state index in [1.807, 2.05) is 6.92 Å². The van der Waals surface area contributed by atoms with E-state index >= 15 is 0 Å². The van der Waals surface area contributed by atoms with Crippen LogP contribution in [-0.4, -0.2) is 13.3 Å². The second kappa shape index (κ2) is 2.84. The Kier molecular flexibility index (Phi) is 2.06. The van der Waals surface area contributed by atoms with E-state index < -0.39 is 6.23 Å². The van der Waals surface area contributed by atoms with Gasteiger partial charge in [-0.25, -0.2) is 4.39 Å². The molecule has 0 bridgehead atoms. The van der Waals surface area contributed by atoms with Gasteiger partial charge in [-0.1, -0.05) is 0 Å². The Balaban J connectivity index is 2.68. The Morgan fingerprint density at radius 2 is 2.40 bits per heavy atom. The molecule has 0 saturated carbocycles. The molecule has 0 aliphatic carbocycles. The molecule has 1 aliphatic rings. The molecule has 0 aromatic heterocycles. The van der Waals surface area contributed by atoms with E-state index in [4.69, 9.17) is 4.74 Å². The van der Waals surface area contributed by atoms with Crippen molar-refractivity contribution in [3.8, 4) is 0 Å². The monoisotopic (exact) mass is 143 g/mol. The van der Waals surface area contributed by atoms with E-state index in [2.05, 4.69) is 5.32 Å². The van der Waals surface area contributed by atoms with Gasteiger partial charge in [-0.3, -0.25) is 0 Å². The van der Waals surface area contributed by atoms with Crippen LogP contribution in [0, 0.1) is 0 Å². The molecule has 10 heavy (non-hydrogen) atoms. The maximum atomic E-state index is 12.7. The lowest BCUT2D eigenvalue weighted by Gasteiger charge is -2.17. The summed E-state index contributed by atoms with van der Waals surface area (Å²) in [4.78, 5) is 0. The van der Waals surface area contributed by atoms with Gasteiger partial charge < -0.3 is 10.1 Å². The molecule has 0 spiro atoms. The van der Waals surface area contributed by atoms with E-state index in [-0.39, 0.29) is 5.83 Å². The van der Waals surface area contributed by atoms with Crippen molar-refractivity contribution in [1.82, 2.24) is 5.32 Å². The largest absolute Gasteiger partial charge is 0.360 e. The topological polar surface area (TPSA) is 21.3 Å². The molecule has 3 heteroatoms. The zero-order chi connectivity index (χ0) is 7.56. The number of hydrogen-bond acceptors (Lipinski definition) is 2. The molecule has 0 radical (unpaired) electrons. The molecule has 56 valence electrons. The predicted molar refractivity (Wildman–Crippen MR) is 36.9 cm³/mol. The molecule has 1 aliphatic heterocycles. The molecule has 1 unspecified atom stereocenters. The Morgan fingerprint density at radius 3 is 2.90 bits per heavy atom. The summed E-state index contributed by atoms with van der Waals surface area (Å²) in [6, 6.07) is 0. The van der Waals surface area contributed by atoms with E-state index in [0.717, 1.165) is 5.57 Å². The number of halogens is 1. The van der Waals surface area contributed by atoms with Crippen LogP contribution in [-0.2, 0) is 4.74 Å². The van der Waals surface area contributed by atoms with Gasteiger partial charge in [-0.2, -0.15) is 0 Å². The average molecular weight is 143 g/mol. The zero-order valence-electron chi connectivity index (χ0n) is 6.02. The molecule has 2 nitrogen and oxygen atoms in total. The number of hydrogen-bond donors (Lipinski definition) is 1. The number of methoxy groups -OCH3 is 1. The number of allylic oxidation sites excluding steroid dienone is 2. The molecule has 1 N–H and O–H groups in total. The molecule has 0 fully saturated rings. The maximum Gasteiger partial charge on any atom is 0.179 e. The Morgan fingerprint density at radius 1 is 1.70 bits per heavy atom. The molecule has 0 amide bonds. The summed E-state index contributed by atoms with van der Waals surface area (Å²) in [7, 11) is 1.46.